The van der Waals surface area contributed by atoms with Crippen LogP contribution in [0.15, 0.2) is 497 Å². The number of rotatable bonds is 14. The number of fused-ring (bicyclic) bond motifs is 10. The van der Waals surface area contributed by atoms with Crippen LogP contribution >= 0.6 is 0 Å². The topological polar surface area (TPSA) is 29.6 Å². The fraction of sp³-hybridized carbons (Fsp3) is 0.0441. The fourth-order valence-corrected chi connectivity index (χ4v) is 21.3. The van der Waals surface area contributed by atoms with Crippen LogP contribution in [0.2, 0.25) is 0 Å². The summed E-state index contributed by atoms with van der Waals surface area (Å²) in [6.07, 6.45) is 0. The van der Waals surface area contributed by atoms with Crippen LogP contribution < -0.4 is 0 Å². The molecule has 0 bridgehead atoms. The van der Waals surface area contributed by atoms with Crippen molar-refractivity contribution in [3.63, 3.8) is 0 Å². The molecule has 0 saturated carbocycles. The number of benzene rings is 21. The van der Waals surface area contributed by atoms with Crippen LogP contribution in [-0.2, 0) is 0 Å². The molecule has 0 amide bonds. The average molecular weight is 1820 g/mol. The summed E-state index contributed by atoms with van der Waals surface area (Å²) in [6, 6.07) is 182. The van der Waals surface area contributed by atoms with Gasteiger partial charge >= 0.3 is 0 Å². The largest absolute Gasteiger partial charge is 0.309 e. The average Bonchev–Trinajstić information content (AvgIpc) is 1.53. The van der Waals surface area contributed by atoms with Gasteiger partial charge in [0, 0.05) is 65.8 Å². The quantitative estimate of drug-likeness (QED) is 0.104. The fourth-order valence-electron chi connectivity index (χ4n) is 21.3. The molecule has 6 heteroatoms. The van der Waals surface area contributed by atoms with Crippen molar-refractivity contribution in [1.29, 1.82) is 0 Å². The zero-order valence-electron chi connectivity index (χ0n) is 80.0. The first kappa shape index (κ1) is 85.6. The van der Waals surface area contributed by atoms with E-state index in [4.69, 9.17) is 0 Å². The molecule has 0 aliphatic carbocycles. The van der Waals surface area contributed by atoms with Gasteiger partial charge in [0.15, 0.2) is 0 Å². The van der Waals surface area contributed by atoms with Crippen molar-refractivity contribution in [3.8, 4) is 124 Å². The van der Waals surface area contributed by atoms with Crippen molar-refractivity contribution in [2.24, 2.45) is 0 Å². The van der Waals surface area contributed by atoms with Crippen LogP contribution in [0.4, 0.5) is 0 Å². The second-order valence-electron chi connectivity index (χ2n) is 38.2. The van der Waals surface area contributed by atoms with Gasteiger partial charge < -0.3 is 27.4 Å². The molecule has 0 unspecified atom stereocenters. The van der Waals surface area contributed by atoms with Crippen LogP contribution in [0.5, 0.6) is 0 Å². The van der Waals surface area contributed by atoms with E-state index in [0.717, 1.165) is 22.7 Å². The van der Waals surface area contributed by atoms with Gasteiger partial charge in [-0.25, -0.2) is 0 Å². The summed E-state index contributed by atoms with van der Waals surface area (Å²) in [4.78, 5) is 0. The maximum Gasteiger partial charge on any atom is 0.0542 e. The van der Waals surface area contributed by atoms with Crippen LogP contribution in [0, 0.1) is 41.5 Å². The van der Waals surface area contributed by atoms with Crippen LogP contribution in [0.3, 0.4) is 0 Å². The third kappa shape index (κ3) is 15.8. The molecule has 27 aromatic rings. The van der Waals surface area contributed by atoms with Crippen molar-refractivity contribution in [2.75, 3.05) is 0 Å². The Hall–Kier alpha value is -18.1. The minimum absolute atomic E-state index is 1.14. The molecule has 0 aliphatic rings. The van der Waals surface area contributed by atoms with Gasteiger partial charge in [0.1, 0.15) is 0 Å². The molecule has 0 spiro atoms. The smallest absolute Gasteiger partial charge is 0.0542 e. The van der Waals surface area contributed by atoms with Gasteiger partial charge in [-0.2, -0.15) is 0 Å². The minimum atomic E-state index is 1.14. The lowest BCUT2D eigenvalue weighted by Crippen LogP contribution is -1.99. The molecule has 6 heterocycles. The summed E-state index contributed by atoms with van der Waals surface area (Å²) in [5, 5.41) is 17.2. The molecule has 27 rings (SSSR count). The lowest BCUT2D eigenvalue weighted by molar-refractivity contribution is 1.13. The third-order valence-corrected chi connectivity index (χ3v) is 28.7. The molecule has 6 nitrogen and oxygen atoms in total. The van der Waals surface area contributed by atoms with Crippen molar-refractivity contribution in [3.05, 3.63) is 531 Å². The van der Waals surface area contributed by atoms with E-state index in [2.05, 4.69) is 566 Å². The Bertz CT molecular complexity index is 8930. The summed E-state index contributed by atoms with van der Waals surface area (Å²) in [5.41, 5.74) is 40.9. The van der Waals surface area contributed by atoms with E-state index in [-0.39, 0.29) is 0 Å². The molecule has 0 atom stereocenters. The standard InChI is InChI=1S/C48H36N2.2C44H32N2/c1-33-13-17-39(18-14-33)45-29-41-31-48-42(32-47(41)49(45)43-25-21-37(22-26-43)35-9-5-3-6-10-35)30-46(40-19-15-34(2)16-20-40)50(48)44-27-23-38(24-28-44)36-11-7-4-8-12-36;1-29-17-21-33(22-18-29)41-25-35-27-44-36(28-43(35)45(41)39-15-7-11-31-9-3-5-13-37(31)39)26-42(34-23-19-30(2)20-24-34)46(44)40-16-8-12-32-10-4-6-14-38(32)40;1-29-11-15-33(16-12-29)41-25-37-27-44-38(28-43(37)45(41)39-21-19-31-7-3-5-9-35(31)23-39)26-42(34-17-13-30(2)14-18-34)46(44)40-22-20-32-8-4-6-10-36(32)24-40/h3-32H,1-2H3;2*3-28H,1-2H3. The maximum atomic E-state index is 2.46. The van der Waals surface area contributed by atoms with E-state index in [1.54, 1.807) is 0 Å². The summed E-state index contributed by atoms with van der Waals surface area (Å²) >= 11 is 0. The zero-order chi connectivity index (χ0) is 95.2. The van der Waals surface area contributed by atoms with Gasteiger partial charge in [0.25, 0.3) is 0 Å². The van der Waals surface area contributed by atoms with Crippen molar-refractivity contribution in [1.82, 2.24) is 27.4 Å². The molecule has 0 saturated heterocycles. The lowest BCUT2D eigenvalue weighted by atomic mass is 10.1. The Morgan fingerprint density at radius 3 is 0.606 bits per heavy atom. The van der Waals surface area contributed by atoms with E-state index in [0.29, 0.717) is 0 Å². The molecule has 142 heavy (non-hydrogen) atoms. The highest BCUT2D eigenvalue weighted by Crippen LogP contribution is 2.46. The van der Waals surface area contributed by atoms with Crippen molar-refractivity contribution < 1.29 is 0 Å². The van der Waals surface area contributed by atoms with Gasteiger partial charge in [-0.15, -0.1) is 0 Å². The van der Waals surface area contributed by atoms with Gasteiger partial charge in [-0.1, -0.05) is 397 Å². The number of nitrogens with zero attached hydrogens (tertiary/aromatic N) is 6. The maximum absolute atomic E-state index is 2.46. The monoisotopic (exact) mass is 1820 g/mol. The highest BCUT2D eigenvalue weighted by molar-refractivity contribution is 6.08. The van der Waals surface area contributed by atoms with Gasteiger partial charge in [-0.05, 0) is 263 Å². The number of hydrogen-bond donors (Lipinski definition) is 0. The molecular weight excluding hydrogens is 1720 g/mol. The summed E-state index contributed by atoms with van der Waals surface area (Å²) < 4.78 is 14.6. The van der Waals surface area contributed by atoms with E-state index in [9.17, 15) is 0 Å². The second kappa shape index (κ2) is 35.8. The van der Waals surface area contributed by atoms with Crippen molar-refractivity contribution in [2.45, 2.75) is 41.5 Å². The van der Waals surface area contributed by atoms with E-state index >= 15 is 0 Å². The van der Waals surface area contributed by atoms with Crippen molar-refractivity contribution >= 4 is 109 Å². The van der Waals surface area contributed by atoms with Gasteiger partial charge in [-0.3, -0.25) is 0 Å². The minimum Gasteiger partial charge on any atom is -0.309 e. The Labute approximate surface area is 826 Å². The molecule has 6 aromatic heterocycles. The first-order chi connectivity index (χ1) is 69.8. The summed E-state index contributed by atoms with van der Waals surface area (Å²) in [5.74, 6) is 0. The molecular formula is C136H100N6. The first-order valence-corrected chi connectivity index (χ1v) is 49.1. The Morgan fingerprint density at radius 2 is 0.324 bits per heavy atom. The number of hydrogen-bond acceptors (Lipinski definition) is 0. The summed E-state index contributed by atoms with van der Waals surface area (Å²) in [6.45, 7) is 12.9. The Kier molecular flexibility index (Phi) is 21.6. The predicted molar refractivity (Wildman–Crippen MR) is 602 cm³/mol. The van der Waals surface area contributed by atoms with E-state index in [1.165, 1.54) is 243 Å². The first-order valence-electron chi connectivity index (χ1n) is 49.1. The number of aromatic nitrogens is 6. The van der Waals surface area contributed by atoms with E-state index in [1.807, 2.05) is 0 Å². The molecule has 21 aromatic carbocycles. The molecule has 0 radical (unpaired) electrons. The van der Waals surface area contributed by atoms with Crippen LogP contribution in [0.1, 0.15) is 33.4 Å². The predicted octanol–water partition coefficient (Wildman–Crippen LogP) is 36.5. The second-order valence-corrected chi connectivity index (χ2v) is 38.2. The third-order valence-electron chi connectivity index (χ3n) is 28.7. The lowest BCUT2D eigenvalue weighted by Gasteiger charge is -2.15. The molecule has 674 valence electrons. The zero-order valence-corrected chi connectivity index (χ0v) is 80.0. The highest BCUT2D eigenvalue weighted by Gasteiger charge is 2.26. The van der Waals surface area contributed by atoms with Gasteiger partial charge in [0.05, 0.1) is 78.6 Å². The highest BCUT2D eigenvalue weighted by atomic mass is 15.0. The molecule has 0 fully saturated rings. The van der Waals surface area contributed by atoms with Gasteiger partial charge in [0.2, 0.25) is 0 Å². The Balaban J connectivity index is 0.000000112. The summed E-state index contributed by atoms with van der Waals surface area (Å²) in [7, 11) is 0. The Morgan fingerprint density at radius 1 is 0.120 bits per heavy atom. The SMILES string of the molecule is Cc1ccc(-c2cc3cc4c(cc(-c5ccc(C)cc5)n4-c4ccc(-c5ccccc5)cc4)cc3n2-c2ccc(-c3ccccc3)cc2)cc1.Cc1ccc(-c2cc3cc4c(cc(-c5ccc(C)cc5)n4-c4ccc5ccccc5c4)cc3n2-c2ccc3ccccc3c2)cc1.Cc1ccc(-c2cc3cc4c(cc(-c5ccc(C)cc5)n4-c4cccc5ccccc45)cc3n2-c2cccc3ccccc23)cc1. The number of aryl methyl sites for hydroxylation is 6. The normalized spacial score (nSPS) is 11.6. The van der Waals surface area contributed by atoms with Crippen LogP contribution in [-0.4, -0.2) is 27.4 Å². The molecule has 0 N–H and O–H groups in total. The van der Waals surface area contributed by atoms with E-state index < -0.39 is 0 Å². The van der Waals surface area contributed by atoms with Crippen LogP contribution in [0.25, 0.3) is 232 Å². The molecule has 0 aliphatic heterocycles.